The van der Waals surface area contributed by atoms with Crippen molar-refractivity contribution in [3.05, 3.63) is 66.5 Å². The summed E-state index contributed by atoms with van der Waals surface area (Å²) in [4.78, 5) is 8.73. The van der Waals surface area contributed by atoms with Crippen molar-refractivity contribution in [1.29, 1.82) is 0 Å². The standard InChI is InChI=1S/C15H12N2Se/c1-2-6-12(7-3-1)10-18-15-13-8-4-5-9-14(13)16-11-17-15/h1-9,11H,10H2. The number of nitrogens with zero attached hydrogens (tertiary/aromatic N) is 2. The molecule has 1 aromatic heterocycles. The molecule has 0 amide bonds. The summed E-state index contributed by atoms with van der Waals surface area (Å²) in [6.45, 7) is 0. The first-order chi connectivity index (χ1) is 8.93. The van der Waals surface area contributed by atoms with Crippen LogP contribution < -0.4 is 4.59 Å². The van der Waals surface area contributed by atoms with E-state index in [4.69, 9.17) is 0 Å². The van der Waals surface area contributed by atoms with Gasteiger partial charge in [-0.2, -0.15) is 0 Å². The van der Waals surface area contributed by atoms with Crippen molar-refractivity contribution >= 4 is 30.5 Å². The molecule has 18 heavy (non-hydrogen) atoms. The summed E-state index contributed by atoms with van der Waals surface area (Å²) in [5.74, 6) is 0. The van der Waals surface area contributed by atoms with E-state index in [9.17, 15) is 0 Å². The van der Waals surface area contributed by atoms with Crippen molar-refractivity contribution in [2.24, 2.45) is 0 Å². The molecule has 0 bridgehead atoms. The first-order valence-corrected chi connectivity index (χ1v) is 7.87. The first kappa shape index (κ1) is 11.4. The van der Waals surface area contributed by atoms with Crippen LogP contribution in [0.1, 0.15) is 5.56 Å². The minimum absolute atomic E-state index is 0.351. The van der Waals surface area contributed by atoms with Crippen LogP contribution in [-0.2, 0) is 5.32 Å². The van der Waals surface area contributed by atoms with E-state index in [0.717, 1.165) is 10.8 Å². The van der Waals surface area contributed by atoms with Crippen LogP contribution in [0.4, 0.5) is 0 Å². The second kappa shape index (κ2) is 5.30. The second-order valence-corrected chi connectivity index (χ2v) is 5.99. The van der Waals surface area contributed by atoms with Crippen LogP contribution in [0.2, 0.25) is 0 Å². The van der Waals surface area contributed by atoms with Gasteiger partial charge in [0.15, 0.2) is 0 Å². The fraction of sp³-hybridized carbons (Fsp3) is 0.0667. The van der Waals surface area contributed by atoms with Crippen LogP contribution in [0, 0.1) is 0 Å². The maximum atomic E-state index is 4.44. The molecule has 3 aromatic rings. The zero-order valence-electron chi connectivity index (χ0n) is 9.78. The third kappa shape index (κ3) is 2.42. The molecule has 0 N–H and O–H groups in total. The molecule has 0 atom stereocenters. The fourth-order valence-corrected chi connectivity index (χ4v) is 3.81. The van der Waals surface area contributed by atoms with Gasteiger partial charge in [-0.25, -0.2) is 0 Å². The van der Waals surface area contributed by atoms with E-state index in [2.05, 4.69) is 46.4 Å². The van der Waals surface area contributed by atoms with Crippen molar-refractivity contribution < 1.29 is 0 Å². The molecule has 3 rings (SSSR count). The normalized spacial score (nSPS) is 10.7. The Morgan fingerprint density at radius 2 is 1.61 bits per heavy atom. The fourth-order valence-electron chi connectivity index (χ4n) is 1.82. The maximum absolute atomic E-state index is 4.44. The zero-order chi connectivity index (χ0) is 12.2. The molecular weight excluding hydrogens is 287 g/mol. The van der Waals surface area contributed by atoms with Gasteiger partial charge in [-0.3, -0.25) is 0 Å². The summed E-state index contributed by atoms with van der Waals surface area (Å²) in [6, 6.07) is 18.8. The van der Waals surface area contributed by atoms with Gasteiger partial charge in [0.1, 0.15) is 0 Å². The molecule has 0 aliphatic heterocycles. The summed E-state index contributed by atoms with van der Waals surface area (Å²) >= 11 is 0.351. The number of rotatable bonds is 3. The molecule has 0 aliphatic carbocycles. The zero-order valence-corrected chi connectivity index (χ0v) is 11.5. The topological polar surface area (TPSA) is 25.8 Å². The Morgan fingerprint density at radius 3 is 2.50 bits per heavy atom. The van der Waals surface area contributed by atoms with E-state index < -0.39 is 0 Å². The molecule has 1 heterocycles. The molecule has 0 radical (unpaired) electrons. The average Bonchev–Trinajstić information content (AvgIpc) is 2.46. The minimum atomic E-state index is 0.351. The molecule has 0 fully saturated rings. The molecule has 0 aliphatic rings. The van der Waals surface area contributed by atoms with Gasteiger partial charge in [0.2, 0.25) is 0 Å². The first-order valence-electron chi connectivity index (χ1n) is 5.80. The van der Waals surface area contributed by atoms with E-state index in [-0.39, 0.29) is 0 Å². The Balaban J connectivity index is 1.87. The van der Waals surface area contributed by atoms with E-state index >= 15 is 0 Å². The number of benzene rings is 2. The van der Waals surface area contributed by atoms with Gasteiger partial charge in [-0.1, -0.05) is 0 Å². The van der Waals surface area contributed by atoms with Gasteiger partial charge in [0.05, 0.1) is 0 Å². The Kier molecular flexibility index (Phi) is 3.35. The van der Waals surface area contributed by atoms with Gasteiger partial charge in [0.25, 0.3) is 0 Å². The van der Waals surface area contributed by atoms with Crippen LogP contribution in [0.3, 0.4) is 0 Å². The summed E-state index contributed by atoms with van der Waals surface area (Å²) in [7, 11) is 0. The van der Waals surface area contributed by atoms with Crippen LogP contribution >= 0.6 is 0 Å². The third-order valence-electron chi connectivity index (χ3n) is 2.72. The summed E-state index contributed by atoms with van der Waals surface area (Å²) in [6.07, 6.45) is 1.67. The molecule has 3 heteroatoms. The summed E-state index contributed by atoms with van der Waals surface area (Å²) in [5.41, 5.74) is 2.41. The Hall–Kier alpha value is -1.70. The molecule has 0 saturated carbocycles. The number of aromatic nitrogens is 2. The molecule has 0 saturated heterocycles. The second-order valence-electron chi connectivity index (χ2n) is 3.97. The molecule has 88 valence electrons. The van der Waals surface area contributed by atoms with Crippen LogP contribution in [-0.4, -0.2) is 24.9 Å². The van der Waals surface area contributed by atoms with Crippen molar-refractivity contribution in [2.75, 3.05) is 0 Å². The molecular formula is C15H12N2Se. The van der Waals surface area contributed by atoms with Crippen LogP contribution in [0.5, 0.6) is 0 Å². The molecule has 2 aromatic carbocycles. The number of hydrogen-bond donors (Lipinski definition) is 0. The van der Waals surface area contributed by atoms with Crippen molar-refractivity contribution in [3.63, 3.8) is 0 Å². The van der Waals surface area contributed by atoms with Gasteiger partial charge >= 0.3 is 112 Å². The van der Waals surface area contributed by atoms with E-state index in [1.807, 2.05) is 18.2 Å². The average molecular weight is 299 g/mol. The van der Waals surface area contributed by atoms with Gasteiger partial charge in [-0.15, -0.1) is 0 Å². The SMILES string of the molecule is c1ccc(C[Se]c2ncnc3ccccc23)cc1. The van der Waals surface area contributed by atoms with Crippen molar-refractivity contribution in [3.8, 4) is 0 Å². The monoisotopic (exact) mass is 300 g/mol. The molecule has 0 unspecified atom stereocenters. The van der Waals surface area contributed by atoms with E-state index in [0.29, 0.717) is 15.0 Å². The van der Waals surface area contributed by atoms with Gasteiger partial charge < -0.3 is 0 Å². The van der Waals surface area contributed by atoms with Crippen molar-refractivity contribution in [2.45, 2.75) is 5.32 Å². The Labute approximate surface area is 112 Å². The Bertz CT molecular complexity index is 647. The molecule has 0 spiro atoms. The number of fused-ring (bicyclic) bond motifs is 1. The number of hydrogen-bond acceptors (Lipinski definition) is 2. The van der Waals surface area contributed by atoms with Crippen LogP contribution in [0.25, 0.3) is 10.9 Å². The summed E-state index contributed by atoms with van der Waals surface area (Å²) < 4.78 is 1.19. The van der Waals surface area contributed by atoms with E-state index in [1.54, 1.807) is 6.33 Å². The quantitative estimate of drug-likeness (QED) is 0.693. The predicted molar refractivity (Wildman–Crippen MR) is 75.1 cm³/mol. The Morgan fingerprint density at radius 1 is 0.833 bits per heavy atom. The predicted octanol–water partition coefficient (Wildman–Crippen LogP) is 2.16. The van der Waals surface area contributed by atoms with E-state index in [1.165, 1.54) is 15.5 Å². The van der Waals surface area contributed by atoms with Gasteiger partial charge in [0, 0.05) is 0 Å². The van der Waals surface area contributed by atoms with Gasteiger partial charge in [-0.05, 0) is 0 Å². The van der Waals surface area contributed by atoms with Crippen molar-refractivity contribution in [1.82, 2.24) is 9.97 Å². The van der Waals surface area contributed by atoms with Crippen LogP contribution in [0.15, 0.2) is 60.9 Å². The molecule has 2 nitrogen and oxygen atoms in total. The number of para-hydroxylation sites is 1. The third-order valence-corrected chi connectivity index (χ3v) is 4.98. The summed E-state index contributed by atoms with van der Waals surface area (Å²) in [5, 5.41) is 2.27.